The molecule has 0 aromatic heterocycles. The first-order valence-corrected chi connectivity index (χ1v) is 5.45. The zero-order valence-corrected chi connectivity index (χ0v) is 9.57. The summed E-state index contributed by atoms with van der Waals surface area (Å²) < 4.78 is 18.7. The number of hydrogen-bond donors (Lipinski definition) is 1. The number of phenols is 1. The van der Waals surface area contributed by atoms with E-state index in [1.807, 2.05) is 0 Å². The fourth-order valence-corrected chi connectivity index (χ4v) is 1.77. The largest absolute Gasteiger partial charge is 0.508 e. The van der Waals surface area contributed by atoms with E-state index < -0.39 is 5.82 Å². The van der Waals surface area contributed by atoms with Crippen LogP contribution in [0.1, 0.15) is 15.9 Å². The lowest BCUT2D eigenvalue weighted by atomic mass is 10.1. The lowest BCUT2D eigenvalue weighted by Gasteiger charge is -2.27. The Morgan fingerprint density at radius 1 is 1.41 bits per heavy atom. The van der Waals surface area contributed by atoms with Gasteiger partial charge in [0.25, 0.3) is 5.91 Å². The maximum Gasteiger partial charge on any atom is 0.257 e. The van der Waals surface area contributed by atoms with E-state index >= 15 is 0 Å². The van der Waals surface area contributed by atoms with Crippen molar-refractivity contribution in [2.75, 3.05) is 26.3 Å². The van der Waals surface area contributed by atoms with Gasteiger partial charge in [-0.2, -0.15) is 0 Å². The summed E-state index contributed by atoms with van der Waals surface area (Å²) >= 11 is 0. The predicted molar refractivity (Wildman–Crippen MR) is 59.5 cm³/mol. The molecule has 1 amide bonds. The molecule has 1 aromatic carbocycles. The molecule has 1 heterocycles. The third kappa shape index (κ3) is 2.39. The molecule has 1 N–H and O–H groups in total. The Kier molecular flexibility index (Phi) is 3.28. The Morgan fingerprint density at radius 2 is 2.06 bits per heavy atom. The number of benzene rings is 1. The molecule has 92 valence electrons. The summed E-state index contributed by atoms with van der Waals surface area (Å²) in [6, 6.07) is 2.35. The Labute approximate surface area is 98.6 Å². The second-order valence-electron chi connectivity index (χ2n) is 4.02. The van der Waals surface area contributed by atoms with Crippen LogP contribution in [0.3, 0.4) is 0 Å². The summed E-state index contributed by atoms with van der Waals surface area (Å²) in [6.07, 6.45) is 0. The molecule has 0 unspecified atom stereocenters. The first-order valence-electron chi connectivity index (χ1n) is 5.45. The number of hydrogen-bond acceptors (Lipinski definition) is 3. The van der Waals surface area contributed by atoms with E-state index in [0.717, 1.165) is 6.07 Å². The highest BCUT2D eigenvalue weighted by atomic mass is 19.1. The van der Waals surface area contributed by atoms with Crippen molar-refractivity contribution >= 4 is 5.91 Å². The van der Waals surface area contributed by atoms with Crippen LogP contribution in [0.5, 0.6) is 5.75 Å². The van der Waals surface area contributed by atoms with Gasteiger partial charge in [-0.15, -0.1) is 0 Å². The van der Waals surface area contributed by atoms with E-state index in [1.54, 1.807) is 11.8 Å². The predicted octanol–water partition coefficient (Wildman–Crippen LogP) is 1.31. The molecule has 1 fully saturated rings. The van der Waals surface area contributed by atoms with Gasteiger partial charge in [0.1, 0.15) is 11.6 Å². The van der Waals surface area contributed by atoms with Crippen molar-refractivity contribution in [3.63, 3.8) is 0 Å². The van der Waals surface area contributed by atoms with Gasteiger partial charge < -0.3 is 14.7 Å². The van der Waals surface area contributed by atoms with E-state index in [2.05, 4.69) is 0 Å². The fourth-order valence-electron chi connectivity index (χ4n) is 1.77. The normalized spacial score (nSPS) is 16.0. The van der Waals surface area contributed by atoms with Gasteiger partial charge >= 0.3 is 0 Å². The average Bonchev–Trinajstić information content (AvgIpc) is 2.34. The Balaban J connectivity index is 2.26. The minimum absolute atomic E-state index is 0.00204. The van der Waals surface area contributed by atoms with E-state index in [9.17, 15) is 14.3 Å². The van der Waals surface area contributed by atoms with Crippen molar-refractivity contribution in [3.05, 3.63) is 29.1 Å². The molecule has 4 nitrogen and oxygen atoms in total. The lowest BCUT2D eigenvalue weighted by Crippen LogP contribution is -2.41. The van der Waals surface area contributed by atoms with Gasteiger partial charge in [-0.3, -0.25) is 4.79 Å². The van der Waals surface area contributed by atoms with E-state index in [0.29, 0.717) is 31.9 Å². The van der Waals surface area contributed by atoms with Crippen molar-refractivity contribution < 1.29 is 19.0 Å². The Bertz CT molecular complexity index is 442. The summed E-state index contributed by atoms with van der Waals surface area (Å²) in [7, 11) is 0. The van der Waals surface area contributed by atoms with Crippen molar-refractivity contribution in [1.82, 2.24) is 4.90 Å². The van der Waals surface area contributed by atoms with Gasteiger partial charge in [-0.1, -0.05) is 0 Å². The van der Waals surface area contributed by atoms with Crippen LogP contribution in [-0.4, -0.2) is 42.2 Å². The van der Waals surface area contributed by atoms with Crippen LogP contribution in [0.25, 0.3) is 0 Å². The van der Waals surface area contributed by atoms with Gasteiger partial charge in [-0.05, 0) is 18.6 Å². The number of carbonyl (C=O) groups is 1. The molecule has 1 aromatic rings. The molecule has 0 saturated carbocycles. The second-order valence-corrected chi connectivity index (χ2v) is 4.02. The zero-order valence-electron chi connectivity index (χ0n) is 9.57. The number of amides is 1. The standard InChI is InChI=1S/C12H14FNO3/c1-8-6-9(10(13)7-11(8)15)12(16)14-2-4-17-5-3-14/h6-7,15H,2-5H2,1H3. The van der Waals surface area contributed by atoms with Crippen LogP contribution in [-0.2, 0) is 4.74 Å². The highest BCUT2D eigenvalue weighted by molar-refractivity contribution is 5.95. The number of morpholine rings is 1. The molecule has 2 rings (SSSR count). The SMILES string of the molecule is Cc1cc(C(=O)N2CCOCC2)c(F)cc1O. The van der Waals surface area contributed by atoms with Crippen LogP contribution in [0, 0.1) is 12.7 Å². The summed E-state index contributed by atoms with van der Waals surface area (Å²) in [5.41, 5.74) is 0.491. The number of ether oxygens (including phenoxy) is 1. The second kappa shape index (κ2) is 4.71. The van der Waals surface area contributed by atoms with Gasteiger partial charge in [-0.25, -0.2) is 4.39 Å². The van der Waals surface area contributed by atoms with Gasteiger partial charge in [0, 0.05) is 19.2 Å². The van der Waals surface area contributed by atoms with Crippen LogP contribution >= 0.6 is 0 Å². The van der Waals surface area contributed by atoms with E-state index in [1.165, 1.54) is 6.07 Å². The molecule has 0 spiro atoms. The Morgan fingerprint density at radius 3 is 2.71 bits per heavy atom. The number of halogens is 1. The first kappa shape index (κ1) is 11.9. The number of carbonyl (C=O) groups excluding carboxylic acids is 1. The van der Waals surface area contributed by atoms with E-state index in [4.69, 9.17) is 4.74 Å². The van der Waals surface area contributed by atoms with Crippen molar-refractivity contribution in [3.8, 4) is 5.75 Å². The molecule has 1 aliphatic rings. The maximum absolute atomic E-state index is 13.6. The molecular weight excluding hydrogens is 225 g/mol. The average molecular weight is 239 g/mol. The first-order chi connectivity index (χ1) is 8.09. The summed E-state index contributed by atoms with van der Waals surface area (Å²) in [5, 5.41) is 9.33. The number of phenolic OH excluding ortho intramolecular Hbond substituents is 1. The van der Waals surface area contributed by atoms with Crippen molar-refractivity contribution in [1.29, 1.82) is 0 Å². The third-order valence-electron chi connectivity index (χ3n) is 2.81. The molecule has 0 aliphatic carbocycles. The highest BCUT2D eigenvalue weighted by Gasteiger charge is 2.22. The monoisotopic (exact) mass is 239 g/mol. The molecule has 0 bridgehead atoms. The Hall–Kier alpha value is -1.62. The summed E-state index contributed by atoms with van der Waals surface area (Å²) in [4.78, 5) is 13.6. The smallest absolute Gasteiger partial charge is 0.257 e. The summed E-state index contributed by atoms with van der Waals surface area (Å²) in [5.74, 6) is -1.18. The number of aryl methyl sites for hydroxylation is 1. The topological polar surface area (TPSA) is 49.8 Å². The lowest BCUT2D eigenvalue weighted by molar-refractivity contribution is 0.0300. The fraction of sp³-hybridized carbons (Fsp3) is 0.417. The van der Waals surface area contributed by atoms with E-state index in [-0.39, 0.29) is 17.2 Å². The zero-order chi connectivity index (χ0) is 12.4. The molecular formula is C12H14FNO3. The molecule has 1 saturated heterocycles. The maximum atomic E-state index is 13.6. The van der Waals surface area contributed by atoms with Crippen molar-refractivity contribution in [2.24, 2.45) is 0 Å². The molecule has 5 heteroatoms. The minimum atomic E-state index is -0.690. The quantitative estimate of drug-likeness (QED) is 0.804. The molecule has 0 radical (unpaired) electrons. The van der Waals surface area contributed by atoms with Gasteiger partial charge in [0.2, 0.25) is 0 Å². The van der Waals surface area contributed by atoms with Crippen LogP contribution in [0.15, 0.2) is 12.1 Å². The molecule has 1 aliphatic heterocycles. The third-order valence-corrected chi connectivity index (χ3v) is 2.81. The van der Waals surface area contributed by atoms with Crippen LogP contribution in [0.4, 0.5) is 4.39 Å². The van der Waals surface area contributed by atoms with Crippen LogP contribution < -0.4 is 0 Å². The van der Waals surface area contributed by atoms with Gasteiger partial charge in [0.15, 0.2) is 0 Å². The molecule has 17 heavy (non-hydrogen) atoms. The highest BCUT2D eigenvalue weighted by Crippen LogP contribution is 2.22. The minimum Gasteiger partial charge on any atom is -0.508 e. The number of rotatable bonds is 1. The van der Waals surface area contributed by atoms with Crippen LogP contribution in [0.2, 0.25) is 0 Å². The number of aromatic hydroxyl groups is 1. The molecule has 0 atom stereocenters. The number of nitrogens with zero attached hydrogens (tertiary/aromatic N) is 1. The summed E-state index contributed by atoms with van der Waals surface area (Å²) in [6.45, 7) is 3.52. The van der Waals surface area contributed by atoms with Crippen molar-refractivity contribution in [2.45, 2.75) is 6.92 Å². The van der Waals surface area contributed by atoms with Gasteiger partial charge in [0.05, 0.1) is 18.8 Å².